The van der Waals surface area contributed by atoms with Crippen LogP contribution in [0, 0.1) is 11.3 Å². The number of phenols is 1. The fourth-order valence-corrected chi connectivity index (χ4v) is 1.62. The van der Waals surface area contributed by atoms with Crippen molar-refractivity contribution in [1.29, 1.82) is 5.26 Å². The molecule has 5 nitrogen and oxygen atoms in total. The van der Waals surface area contributed by atoms with Gasteiger partial charge >= 0.3 is 0 Å². The van der Waals surface area contributed by atoms with Gasteiger partial charge in [-0.2, -0.15) is 5.26 Å². The van der Waals surface area contributed by atoms with Crippen LogP contribution in [-0.2, 0) is 4.74 Å². The summed E-state index contributed by atoms with van der Waals surface area (Å²) in [5, 5.41) is 30.3. The number of nitriles is 1. The van der Waals surface area contributed by atoms with Crippen LogP contribution >= 0.6 is 0 Å². The van der Waals surface area contributed by atoms with Gasteiger partial charge in [-0.3, -0.25) is 5.32 Å². The van der Waals surface area contributed by atoms with Gasteiger partial charge < -0.3 is 14.9 Å². The molecule has 0 aromatic heterocycles. The van der Waals surface area contributed by atoms with E-state index in [1.165, 1.54) is 6.07 Å². The molecular weight excluding hydrogens is 196 g/mol. The normalized spacial score (nSPS) is 25.1. The predicted molar refractivity (Wildman–Crippen MR) is 50.7 cm³/mol. The van der Waals surface area contributed by atoms with Crippen LogP contribution in [-0.4, -0.2) is 23.2 Å². The smallest absolute Gasteiger partial charge is 0.214 e. The molecule has 2 atom stereocenters. The summed E-state index contributed by atoms with van der Waals surface area (Å²) in [5.74, 6) is 0.00921. The van der Waals surface area contributed by atoms with Crippen molar-refractivity contribution in [2.75, 3.05) is 6.54 Å². The van der Waals surface area contributed by atoms with Crippen molar-refractivity contribution in [3.63, 3.8) is 0 Å². The van der Waals surface area contributed by atoms with Crippen LogP contribution in [0.25, 0.3) is 0 Å². The van der Waals surface area contributed by atoms with Gasteiger partial charge in [-0.25, -0.2) is 0 Å². The molecule has 2 rings (SSSR count). The van der Waals surface area contributed by atoms with Gasteiger partial charge in [-0.1, -0.05) is 6.07 Å². The van der Waals surface area contributed by atoms with E-state index in [0.29, 0.717) is 17.7 Å². The molecule has 2 unspecified atom stereocenters. The minimum absolute atomic E-state index is 0.00921. The highest BCUT2D eigenvalue weighted by atomic mass is 16.6. The summed E-state index contributed by atoms with van der Waals surface area (Å²) in [6.45, 7) is 0.368. The van der Waals surface area contributed by atoms with Gasteiger partial charge in [0, 0.05) is 12.1 Å². The Balaban J connectivity index is 2.39. The number of aliphatic hydroxyl groups excluding tert-OH is 1. The Hall–Kier alpha value is -1.61. The maximum atomic E-state index is 9.63. The van der Waals surface area contributed by atoms with Gasteiger partial charge in [0.2, 0.25) is 6.41 Å². The van der Waals surface area contributed by atoms with Crippen LogP contribution in [0.1, 0.15) is 17.2 Å². The number of hydrogen-bond donors (Lipinski definition) is 3. The van der Waals surface area contributed by atoms with Crippen molar-refractivity contribution in [3.8, 4) is 11.8 Å². The highest BCUT2D eigenvalue weighted by Gasteiger charge is 2.28. The quantitative estimate of drug-likeness (QED) is 0.611. The van der Waals surface area contributed by atoms with Crippen LogP contribution in [0.2, 0.25) is 0 Å². The lowest BCUT2D eigenvalue weighted by atomic mass is 10.0. The molecule has 1 aliphatic heterocycles. The average Bonchev–Trinajstić information content (AvgIpc) is 2.64. The lowest BCUT2D eigenvalue weighted by molar-refractivity contribution is -0.101. The SMILES string of the molecule is N#Cc1cccc(O)c1C1CNC(O)O1. The third-order valence-corrected chi connectivity index (χ3v) is 2.30. The molecule has 0 amide bonds. The summed E-state index contributed by atoms with van der Waals surface area (Å²) in [5.41, 5.74) is 0.778. The Morgan fingerprint density at radius 1 is 1.53 bits per heavy atom. The van der Waals surface area contributed by atoms with Crippen molar-refractivity contribution in [2.24, 2.45) is 0 Å². The van der Waals surface area contributed by atoms with Gasteiger partial charge in [0.05, 0.1) is 11.6 Å². The number of phenolic OH excluding ortho intramolecular Hbond substituents is 1. The molecule has 1 heterocycles. The largest absolute Gasteiger partial charge is 0.508 e. The molecule has 0 bridgehead atoms. The fourth-order valence-electron chi connectivity index (χ4n) is 1.62. The number of ether oxygens (including phenoxy) is 1. The summed E-state index contributed by atoms with van der Waals surface area (Å²) in [4.78, 5) is 0. The van der Waals surface area contributed by atoms with E-state index in [1.54, 1.807) is 12.1 Å². The van der Waals surface area contributed by atoms with Crippen molar-refractivity contribution >= 4 is 0 Å². The Labute approximate surface area is 86.5 Å². The molecule has 1 saturated heterocycles. The van der Waals surface area contributed by atoms with Crippen molar-refractivity contribution < 1.29 is 14.9 Å². The van der Waals surface area contributed by atoms with E-state index >= 15 is 0 Å². The van der Waals surface area contributed by atoms with Gasteiger partial charge in [0.15, 0.2) is 0 Å². The third kappa shape index (κ3) is 1.78. The summed E-state index contributed by atoms with van der Waals surface area (Å²) in [7, 11) is 0. The molecule has 0 radical (unpaired) electrons. The number of aromatic hydroxyl groups is 1. The summed E-state index contributed by atoms with van der Waals surface area (Å²) < 4.78 is 5.10. The fraction of sp³-hybridized carbons (Fsp3) is 0.300. The first-order valence-electron chi connectivity index (χ1n) is 4.51. The van der Waals surface area contributed by atoms with Crippen molar-refractivity contribution in [2.45, 2.75) is 12.5 Å². The van der Waals surface area contributed by atoms with E-state index in [9.17, 15) is 5.11 Å². The summed E-state index contributed by atoms with van der Waals surface area (Å²) in [6.07, 6.45) is -1.53. The van der Waals surface area contributed by atoms with Gasteiger partial charge in [0.25, 0.3) is 0 Å². The molecule has 1 aromatic rings. The lowest BCUT2D eigenvalue weighted by Gasteiger charge is -2.12. The zero-order chi connectivity index (χ0) is 10.8. The maximum Gasteiger partial charge on any atom is 0.214 e. The molecule has 3 N–H and O–H groups in total. The average molecular weight is 206 g/mol. The number of hydrogen-bond acceptors (Lipinski definition) is 5. The number of nitrogens with zero attached hydrogens (tertiary/aromatic N) is 1. The molecule has 5 heteroatoms. The van der Waals surface area contributed by atoms with E-state index < -0.39 is 12.5 Å². The number of benzene rings is 1. The molecule has 0 aliphatic carbocycles. The zero-order valence-corrected chi connectivity index (χ0v) is 7.84. The number of rotatable bonds is 1. The van der Waals surface area contributed by atoms with Crippen LogP contribution in [0.5, 0.6) is 5.75 Å². The highest BCUT2D eigenvalue weighted by molar-refractivity contribution is 5.47. The minimum atomic E-state index is -1.04. The summed E-state index contributed by atoms with van der Waals surface area (Å²) >= 11 is 0. The second-order valence-electron chi connectivity index (χ2n) is 3.24. The second-order valence-corrected chi connectivity index (χ2v) is 3.24. The summed E-state index contributed by atoms with van der Waals surface area (Å²) in [6, 6.07) is 6.66. The maximum absolute atomic E-state index is 9.63. The molecule has 0 saturated carbocycles. The Morgan fingerprint density at radius 2 is 2.33 bits per heavy atom. The molecule has 0 spiro atoms. The standard InChI is InChI=1S/C10H10N2O3/c11-4-6-2-1-3-7(13)9(6)8-5-12-10(14)15-8/h1-3,8,10,12-14H,5H2. The van der Waals surface area contributed by atoms with Crippen LogP contribution in [0.3, 0.4) is 0 Å². The molecule has 78 valence electrons. The number of aliphatic hydroxyl groups is 1. The monoisotopic (exact) mass is 206 g/mol. The molecule has 15 heavy (non-hydrogen) atoms. The zero-order valence-electron chi connectivity index (χ0n) is 7.84. The highest BCUT2D eigenvalue weighted by Crippen LogP contribution is 2.32. The van der Waals surface area contributed by atoms with E-state index in [4.69, 9.17) is 15.1 Å². The predicted octanol–water partition coefficient (Wildman–Crippen LogP) is 0.201. The molecule has 1 fully saturated rings. The first-order valence-corrected chi connectivity index (χ1v) is 4.51. The number of nitrogens with one attached hydrogen (secondary N) is 1. The van der Waals surface area contributed by atoms with Crippen molar-refractivity contribution in [1.82, 2.24) is 5.32 Å². The second kappa shape index (κ2) is 3.87. The van der Waals surface area contributed by atoms with Crippen molar-refractivity contribution in [3.05, 3.63) is 29.3 Å². The molecular formula is C10H10N2O3. The first kappa shape index (κ1) is 9.93. The first-order chi connectivity index (χ1) is 7.22. The Morgan fingerprint density at radius 3 is 2.93 bits per heavy atom. The van der Waals surface area contributed by atoms with Crippen LogP contribution < -0.4 is 5.32 Å². The minimum Gasteiger partial charge on any atom is -0.508 e. The van der Waals surface area contributed by atoms with E-state index in [0.717, 1.165) is 0 Å². The lowest BCUT2D eigenvalue weighted by Crippen LogP contribution is -2.20. The van der Waals surface area contributed by atoms with E-state index in [1.807, 2.05) is 6.07 Å². The Kier molecular flexibility index (Phi) is 2.56. The Bertz CT molecular complexity index is 414. The topological polar surface area (TPSA) is 85.5 Å². The van der Waals surface area contributed by atoms with Gasteiger partial charge in [0.1, 0.15) is 11.9 Å². The van der Waals surface area contributed by atoms with Gasteiger partial charge in [-0.15, -0.1) is 0 Å². The molecule has 1 aliphatic rings. The van der Waals surface area contributed by atoms with E-state index in [-0.39, 0.29) is 5.75 Å². The van der Waals surface area contributed by atoms with Crippen LogP contribution in [0.4, 0.5) is 0 Å². The van der Waals surface area contributed by atoms with E-state index in [2.05, 4.69) is 5.32 Å². The molecule has 1 aromatic carbocycles. The third-order valence-electron chi connectivity index (χ3n) is 2.30. The van der Waals surface area contributed by atoms with Gasteiger partial charge in [-0.05, 0) is 12.1 Å². The van der Waals surface area contributed by atoms with Crippen LogP contribution in [0.15, 0.2) is 18.2 Å².